The summed E-state index contributed by atoms with van der Waals surface area (Å²) in [6, 6.07) is 11.7. The average Bonchev–Trinajstić information content (AvgIpc) is 2.77. The van der Waals surface area contributed by atoms with Crippen LogP contribution in [-0.4, -0.2) is 36.7 Å². The quantitative estimate of drug-likeness (QED) is 0.367. The number of carbonyl (C=O) groups excluding carboxylic acids is 1. The van der Waals surface area contributed by atoms with Gasteiger partial charge in [-0.25, -0.2) is 13.4 Å². The molecule has 0 saturated carbocycles. The number of anilines is 1. The second-order valence-electron chi connectivity index (χ2n) is 7.41. The lowest BCUT2D eigenvalue weighted by Gasteiger charge is -2.16. The van der Waals surface area contributed by atoms with Crippen molar-refractivity contribution >= 4 is 33.2 Å². The van der Waals surface area contributed by atoms with Crippen LogP contribution in [0.15, 0.2) is 68.4 Å². The molecule has 0 aliphatic carbocycles. The standard InChI is InChI=1S/C23H25N3O5S2/c1-5-19(21(27)25-17-12-15(3)8-11-18(17)31-4)32-23-24-13-20(22(28)26-23)33(29,30)16-9-6-14(2)7-10-16/h6-13,19H,5H2,1-4H3,(H,25,27)(H,24,26,28)/t19-/m1/s1. The van der Waals surface area contributed by atoms with Crippen LogP contribution in [-0.2, 0) is 14.6 Å². The minimum Gasteiger partial charge on any atom is -0.495 e. The van der Waals surface area contributed by atoms with Crippen LogP contribution in [0.25, 0.3) is 0 Å². The van der Waals surface area contributed by atoms with Crippen LogP contribution < -0.4 is 15.6 Å². The van der Waals surface area contributed by atoms with Gasteiger partial charge in [-0.05, 0) is 50.1 Å². The van der Waals surface area contributed by atoms with Crippen molar-refractivity contribution in [2.24, 2.45) is 0 Å². The highest BCUT2D eigenvalue weighted by molar-refractivity contribution is 8.00. The summed E-state index contributed by atoms with van der Waals surface area (Å²) in [5.41, 5.74) is 1.62. The molecule has 1 amide bonds. The smallest absolute Gasteiger partial charge is 0.270 e. The maximum absolute atomic E-state index is 12.8. The SMILES string of the molecule is CC[C@@H](Sc1ncc(S(=O)(=O)c2ccc(C)cc2)c(=O)[nH]1)C(=O)Nc1cc(C)ccc1OC. The monoisotopic (exact) mass is 487 g/mol. The zero-order chi connectivity index (χ0) is 24.2. The molecule has 0 fully saturated rings. The van der Waals surface area contributed by atoms with Crippen molar-refractivity contribution in [1.82, 2.24) is 9.97 Å². The second-order valence-corrected chi connectivity index (χ2v) is 10.5. The average molecular weight is 488 g/mol. The molecule has 33 heavy (non-hydrogen) atoms. The number of aromatic nitrogens is 2. The van der Waals surface area contributed by atoms with E-state index in [1.807, 2.05) is 26.8 Å². The lowest BCUT2D eigenvalue weighted by atomic mass is 10.2. The molecule has 2 aromatic carbocycles. The fraction of sp³-hybridized carbons (Fsp3) is 0.261. The van der Waals surface area contributed by atoms with Crippen molar-refractivity contribution in [1.29, 1.82) is 0 Å². The van der Waals surface area contributed by atoms with Crippen LogP contribution >= 0.6 is 11.8 Å². The number of aryl methyl sites for hydroxylation is 2. The van der Waals surface area contributed by atoms with E-state index < -0.39 is 25.5 Å². The highest BCUT2D eigenvalue weighted by Crippen LogP contribution is 2.28. The zero-order valence-corrected chi connectivity index (χ0v) is 20.3. The number of nitrogens with zero attached hydrogens (tertiary/aromatic N) is 1. The summed E-state index contributed by atoms with van der Waals surface area (Å²) in [6.45, 7) is 5.58. The Balaban J connectivity index is 1.80. The number of nitrogens with one attached hydrogen (secondary N) is 2. The summed E-state index contributed by atoms with van der Waals surface area (Å²) < 4.78 is 30.9. The Morgan fingerprint density at radius 2 is 1.82 bits per heavy atom. The fourth-order valence-electron chi connectivity index (χ4n) is 3.05. The van der Waals surface area contributed by atoms with Crippen molar-refractivity contribution in [2.45, 2.75) is 47.4 Å². The predicted molar refractivity (Wildman–Crippen MR) is 128 cm³/mol. The summed E-state index contributed by atoms with van der Waals surface area (Å²) in [5, 5.41) is 2.43. The molecule has 3 rings (SSSR count). The van der Waals surface area contributed by atoms with Gasteiger partial charge in [-0.3, -0.25) is 9.59 Å². The summed E-state index contributed by atoms with van der Waals surface area (Å²) in [5.74, 6) is 0.247. The molecule has 1 aromatic heterocycles. The number of hydrogen-bond donors (Lipinski definition) is 2. The van der Waals surface area contributed by atoms with Gasteiger partial charge < -0.3 is 15.0 Å². The highest BCUT2D eigenvalue weighted by Gasteiger charge is 2.24. The molecular weight excluding hydrogens is 462 g/mol. The van der Waals surface area contributed by atoms with Crippen molar-refractivity contribution < 1.29 is 17.9 Å². The van der Waals surface area contributed by atoms with Crippen molar-refractivity contribution in [3.63, 3.8) is 0 Å². The number of ether oxygens (including phenoxy) is 1. The normalized spacial score (nSPS) is 12.2. The van der Waals surface area contributed by atoms with Gasteiger partial charge in [0.15, 0.2) is 10.1 Å². The van der Waals surface area contributed by atoms with E-state index >= 15 is 0 Å². The van der Waals surface area contributed by atoms with Gasteiger partial charge >= 0.3 is 0 Å². The second kappa shape index (κ2) is 10.2. The molecule has 0 aliphatic rings. The Morgan fingerprint density at radius 3 is 2.42 bits per heavy atom. The van der Waals surface area contributed by atoms with Gasteiger partial charge in [0.25, 0.3) is 5.56 Å². The minimum atomic E-state index is -4.01. The number of thioether (sulfide) groups is 1. The molecule has 0 bridgehead atoms. The molecule has 0 radical (unpaired) electrons. The first-order valence-corrected chi connectivity index (χ1v) is 12.5. The van der Waals surface area contributed by atoms with E-state index in [2.05, 4.69) is 15.3 Å². The van der Waals surface area contributed by atoms with E-state index in [0.29, 0.717) is 17.9 Å². The summed E-state index contributed by atoms with van der Waals surface area (Å²) in [7, 11) is -2.49. The minimum absolute atomic E-state index is 0.0127. The lowest BCUT2D eigenvalue weighted by molar-refractivity contribution is -0.115. The van der Waals surface area contributed by atoms with Crippen LogP contribution in [0.4, 0.5) is 5.69 Å². The first-order chi connectivity index (χ1) is 15.6. The third kappa shape index (κ3) is 5.63. The van der Waals surface area contributed by atoms with Crippen LogP contribution in [0.2, 0.25) is 0 Å². The summed E-state index contributed by atoms with van der Waals surface area (Å²) in [6.07, 6.45) is 1.49. The lowest BCUT2D eigenvalue weighted by Crippen LogP contribution is -2.26. The number of hydrogen-bond acceptors (Lipinski definition) is 7. The number of H-pyrrole nitrogens is 1. The van der Waals surface area contributed by atoms with Gasteiger partial charge in [0.05, 0.1) is 29.1 Å². The first kappa shape index (κ1) is 24.5. The molecule has 3 aromatic rings. The molecule has 1 atom stereocenters. The molecule has 1 heterocycles. The number of amides is 1. The Bertz CT molecular complexity index is 1320. The fourth-order valence-corrected chi connectivity index (χ4v) is 5.15. The molecule has 8 nitrogen and oxygen atoms in total. The van der Waals surface area contributed by atoms with Gasteiger partial charge in [-0.1, -0.05) is 42.4 Å². The van der Waals surface area contributed by atoms with Crippen molar-refractivity contribution in [3.05, 3.63) is 70.1 Å². The van der Waals surface area contributed by atoms with Crippen molar-refractivity contribution in [3.8, 4) is 5.75 Å². The van der Waals surface area contributed by atoms with Crippen LogP contribution in [0, 0.1) is 13.8 Å². The van der Waals surface area contributed by atoms with E-state index in [0.717, 1.165) is 29.1 Å². The van der Waals surface area contributed by atoms with Gasteiger partial charge in [0, 0.05) is 0 Å². The third-order valence-corrected chi connectivity index (χ3v) is 7.92. The van der Waals surface area contributed by atoms with Gasteiger partial charge in [0.1, 0.15) is 5.75 Å². The molecule has 0 spiro atoms. The van der Waals surface area contributed by atoms with Gasteiger partial charge in [-0.15, -0.1) is 0 Å². The number of sulfone groups is 1. The van der Waals surface area contributed by atoms with E-state index in [4.69, 9.17) is 4.74 Å². The van der Waals surface area contributed by atoms with Gasteiger partial charge in [0.2, 0.25) is 15.7 Å². The summed E-state index contributed by atoms with van der Waals surface area (Å²) in [4.78, 5) is 31.6. The largest absolute Gasteiger partial charge is 0.495 e. The Morgan fingerprint density at radius 1 is 1.15 bits per heavy atom. The van der Waals surface area contributed by atoms with Crippen LogP contribution in [0.1, 0.15) is 24.5 Å². The Hall–Kier alpha value is -3.11. The Labute approximate surface area is 196 Å². The first-order valence-electron chi connectivity index (χ1n) is 10.2. The maximum Gasteiger partial charge on any atom is 0.270 e. The van der Waals surface area contributed by atoms with E-state index in [1.165, 1.54) is 19.2 Å². The highest BCUT2D eigenvalue weighted by atomic mass is 32.2. The van der Waals surface area contributed by atoms with Crippen LogP contribution in [0.3, 0.4) is 0 Å². The predicted octanol–water partition coefficient (Wildman–Crippen LogP) is 3.74. The zero-order valence-electron chi connectivity index (χ0n) is 18.7. The molecule has 0 aliphatic heterocycles. The number of carbonyl (C=O) groups is 1. The number of benzene rings is 2. The van der Waals surface area contributed by atoms with Crippen LogP contribution in [0.5, 0.6) is 5.75 Å². The van der Waals surface area contributed by atoms with Crippen molar-refractivity contribution in [2.75, 3.05) is 12.4 Å². The topological polar surface area (TPSA) is 118 Å². The van der Waals surface area contributed by atoms with E-state index in [-0.39, 0.29) is 16.0 Å². The molecule has 2 N–H and O–H groups in total. The Kier molecular flexibility index (Phi) is 7.60. The molecule has 0 saturated heterocycles. The van der Waals surface area contributed by atoms with E-state index in [9.17, 15) is 18.0 Å². The molecule has 174 valence electrons. The number of aromatic amines is 1. The maximum atomic E-state index is 12.8. The number of rotatable bonds is 8. The third-order valence-electron chi connectivity index (χ3n) is 4.89. The van der Waals surface area contributed by atoms with E-state index in [1.54, 1.807) is 24.3 Å². The number of methoxy groups -OCH3 is 1. The molecule has 0 unspecified atom stereocenters. The summed E-state index contributed by atoms with van der Waals surface area (Å²) >= 11 is 1.05. The van der Waals surface area contributed by atoms with Gasteiger partial charge in [-0.2, -0.15) is 0 Å². The molecule has 10 heteroatoms. The molecular formula is C23H25N3O5S2.